The zero-order valence-corrected chi connectivity index (χ0v) is 11.8. The van der Waals surface area contributed by atoms with Gasteiger partial charge in [0.2, 0.25) is 5.91 Å². The van der Waals surface area contributed by atoms with E-state index in [0.717, 1.165) is 11.3 Å². The zero-order chi connectivity index (χ0) is 15.8. The molecule has 0 fully saturated rings. The molecule has 2 rings (SSSR count). The maximum Gasteiger partial charge on any atom is 0.252 e. The first-order valence-corrected chi connectivity index (χ1v) is 6.69. The molecule has 0 saturated heterocycles. The van der Waals surface area contributed by atoms with E-state index in [0.29, 0.717) is 5.75 Å². The molecule has 0 aliphatic carbocycles. The summed E-state index contributed by atoms with van der Waals surface area (Å²) < 4.78 is 5.70. The monoisotopic (exact) mass is 300 g/mol. The highest BCUT2D eigenvalue weighted by atomic mass is 16.5. The van der Waals surface area contributed by atoms with Crippen molar-refractivity contribution in [1.82, 2.24) is 10.8 Å². The molecule has 0 aromatic heterocycles. The highest BCUT2D eigenvalue weighted by Gasteiger charge is 2.08. The molecule has 2 aromatic carbocycles. The van der Waals surface area contributed by atoms with Crippen molar-refractivity contribution >= 4 is 11.8 Å². The molecule has 0 heterocycles. The Kier molecular flexibility index (Phi) is 5.50. The summed E-state index contributed by atoms with van der Waals surface area (Å²) in [5, 5.41) is 10.9. The summed E-state index contributed by atoms with van der Waals surface area (Å²) in [4.78, 5) is 22.3. The van der Waals surface area contributed by atoms with Gasteiger partial charge in [0, 0.05) is 6.54 Å². The van der Waals surface area contributed by atoms with Gasteiger partial charge in [-0.1, -0.05) is 30.3 Å². The number of hydrogen-bond acceptors (Lipinski definition) is 4. The smallest absolute Gasteiger partial charge is 0.252 e. The van der Waals surface area contributed by atoms with E-state index in [9.17, 15) is 9.59 Å². The topological polar surface area (TPSA) is 87.7 Å². The van der Waals surface area contributed by atoms with Crippen LogP contribution in [0.3, 0.4) is 0 Å². The van der Waals surface area contributed by atoms with Crippen LogP contribution in [0.15, 0.2) is 54.6 Å². The Morgan fingerprint density at radius 1 is 0.955 bits per heavy atom. The Hall–Kier alpha value is -2.86. The van der Waals surface area contributed by atoms with Gasteiger partial charge in [-0.3, -0.25) is 14.8 Å². The Labute approximate surface area is 127 Å². The lowest BCUT2D eigenvalue weighted by Gasteiger charge is -2.08. The van der Waals surface area contributed by atoms with Crippen LogP contribution in [-0.4, -0.2) is 17.0 Å². The predicted octanol–water partition coefficient (Wildman–Crippen LogP) is 1.99. The Balaban J connectivity index is 1.91. The number of para-hydroxylation sites is 1. The number of amides is 2. The Bertz CT molecular complexity index is 644. The molecule has 0 atom stereocenters. The van der Waals surface area contributed by atoms with Crippen molar-refractivity contribution in [3.05, 3.63) is 60.2 Å². The number of benzene rings is 2. The summed E-state index contributed by atoms with van der Waals surface area (Å²) >= 11 is 0. The molecule has 2 aromatic rings. The Morgan fingerprint density at radius 2 is 1.68 bits per heavy atom. The number of carbonyl (C=O) groups is 2. The summed E-state index contributed by atoms with van der Waals surface area (Å²) in [6, 6.07) is 16.6. The molecular weight excluding hydrogens is 284 g/mol. The number of hydrogen-bond donors (Lipinski definition) is 3. The van der Waals surface area contributed by atoms with Crippen molar-refractivity contribution in [3.8, 4) is 11.5 Å². The molecule has 0 bridgehead atoms. The van der Waals surface area contributed by atoms with Crippen molar-refractivity contribution < 1.29 is 19.5 Å². The van der Waals surface area contributed by atoms with Crippen molar-refractivity contribution in [3.63, 3.8) is 0 Å². The van der Waals surface area contributed by atoms with Crippen LogP contribution in [0.5, 0.6) is 11.5 Å². The highest BCUT2D eigenvalue weighted by molar-refractivity contribution is 5.96. The summed E-state index contributed by atoms with van der Waals surface area (Å²) in [6.07, 6.45) is -0.420. The standard InChI is InChI=1S/C16H16N2O4/c19-15(10-16(20)18-21)17-11-12-5-4-8-14(9-12)22-13-6-2-1-3-7-13/h1-9,21H,10-11H2,(H,17,19)(H,18,20). The minimum absolute atomic E-state index is 0.267. The van der Waals surface area contributed by atoms with Gasteiger partial charge in [-0.15, -0.1) is 0 Å². The molecule has 0 aliphatic rings. The largest absolute Gasteiger partial charge is 0.457 e. The fourth-order valence-corrected chi connectivity index (χ4v) is 1.79. The van der Waals surface area contributed by atoms with Crippen LogP contribution in [0.25, 0.3) is 0 Å². The second kappa shape index (κ2) is 7.80. The number of rotatable bonds is 6. The normalized spacial score (nSPS) is 9.86. The van der Waals surface area contributed by atoms with Gasteiger partial charge < -0.3 is 10.1 Å². The van der Waals surface area contributed by atoms with Gasteiger partial charge in [0.15, 0.2) is 0 Å². The second-order valence-corrected chi connectivity index (χ2v) is 4.55. The van der Waals surface area contributed by atoms with E-state index in [1.807, 2.05) is 48.5 Å². The highest BCUT2D eigenvalue weighted by Crippen LogP contribution is 2.21. The van der Waals surface area contributed by atoms with Gasteiger partial charge in [-0.2, -0.15) is 0 Å². The third-order valence-corrected chi connectivity index (χ3v) is 2.81. The van der Waals surface area contributed by atoms with E-state index in [2.05, 4.69) is 5.32 Å². The van der Waals surface area contributed by atoms with Crippen LogP contribution in [0.4, 0.5) is 0 Å². The molecule has 0 unspecified atom stereocenters. The average Bonchev–Trinajstić information content (AvgIpc) is 2.54. The molecule has 6 nitrogen and oxygen atoms in total. The zero-order valence-electron chi connectivity index (χ0n) is 11.8. The van der Waals surface area contributed by atoms with E-state index in [1.54, 1.807) is 6.07 Å². The summed E-state index contributed by atoms with van der Waals surface area (Å²) in [7, 11) is 0. The van der Waals surface area contributed by atoms with Gasteiger partial charge in [-0.05, 0) is 29.8 Å². The number of carbonyl (C=O) groups excluding carboxylic acids is 2. The molecule has 114 valence electrons. The number of hydroxylamine groups is 1. The molecule has 0 radical (unpaired) electrons. The van der Waals surface area contributed by atoms with Crippen molar-refractivity contribution in [2.24, 2.45) is 0 Å². The van der Waals surface area contributed by atoms with Gasteiger partial charge in [-0.25, -0.2) is 5.48 Å². The minimum Gasteiger partial charge on any atom is -0.457 e. The first-order chi connectivity index (χ1) is 10.7. The molecule has 22 heavy (non-hydrogen) atoms. The molecule has 6 heteroatoms. The molecule has 0 spiro atoms. The number of ether oxygens (including phenoxy) is 1. The van der Waals surface area contributed by atoms with Gasteiger partial charge >= 0.3 is 0 Å². The van der Waals surface area contributed by atoms with Crippen LogP contribution in [0, 0.1) is 0 Å². The fourth-order valence-electron chi connectivity index (χ4n) is 1.79. The SMILES string of the molecule is O=C(CC(=O)NCc1cccc(Oc2ccccc2)c1)NO. The fraction of sp³-hybridized carbons (Fsp3) is 0.125. The predicted molar refractivity (Wildman–Crippen MR) is 79.4 cm³/mol. The van der Waals surface area contributed by atoms with Crippen LogP contribution in [0.1, 0.15) is 12.0 Å². The van der Waals surface area contributed by atoms with E-state index in [-0.39, 0.29) is 6.54 Å². The molecule has 0 aliphatic heterocycles. The Morgan fingerprint density at radius 3 is 2.41 bits per heavy atom. The van der Waals surface area contributed by atoms with Gasteiger partial charge in [0.1, 0.15) is 17.9 Å². The summed E-state index contributed by atoms with van der Waals surface area (Å²) in [5.41, 5.74) is 2.25. The lowest BCUT2D eigenvalue weighted by Crippen LogP contribution is -2.30. The van der Waals surface area contributed by atoms with Crippen molar-refractivity contribution in [2.75, 3.05) is 0 Å². The average molecular weight is 300 g/mol. The second-order valence-electron chi connectivity index (χ2n) is 4.55. The van der Waals surface area contributed by atoms with E-state index >= 15 is 0 Å². The third-order valence-electron chi connectivity index (χ3n) is 2.81. The van der Waals surface area contributed by atoms with Gasteiger partial charge in [0.25, 0.3) is 5.91 Å². The van der Waals surface area contributed by atoms with Crippen LogP contribution in [0.2, 0.25) is 0 Å². The minimum atomic E-state index is -0.751. The van der Waals surface area contributed by atoms with Crippen LogP contribution >= 0.6 is 0 Å². The van der Waals surface area contributed by atoms with E-state index in [4.69, 9.17) is 9.94 Å². The third kappa shape index (κ3) is 4.92. The van der Waals surface area contributed by atoms with Crippen LogP contribution < -0.4 is 15.5 Å². The summed E-state index contributed by atoms with van der Waals surface area (Å²) in [6.45, 7) is 0.267. The molecular formula is C16H16N2O4. The lowest BCUT2D eigenvalue weighted by molar-refractivity contribution is -0.134. The first kappa shape index (κ1) is 15.5. The van der Waals surface area contributed by atoms with E-state index < -0.39 is 18.2 Å². The quantitative estimate of drug-likeness (QED) is 0.432. The van der Waals surface area contributed by atoms with E-state index in [1.165, 1.54) is 5.48 Å². The molecule has 3 N–H and O–H groups in total. The maximum absolute atomic E-state index is 11.4. The lowest BCUT2D eigenvalue weighted by atomic mass is 10.2. The van der Waals surface area contributed by atoms with Crippen LogP contribution in [-0.2, 0) is 16.1 Å². The molecule has 0 saturated carbocycles. The molecule has 2 amide bonds. The van der Waals surface area contributed by atoms with Gasteiger partial charge in [0.05, 0.1) is 0 Å². The summed E-state index contributed by atoms with van der Waals surface area (Å²) in [5.74, 6) is 0.161. The van der Waals surface area contributed by atoms with Crippen molar-refractivity contribution in [1.29, 1.82) is 0 Å². The maximum atomic E-state index is 11.4. The number of nitrogens with one attached hydrogen (secondary N) is 2. The van der Waals surface area contributed by atoms with Crippen molar-refractivity contribution in [2.45, 2.75) is 13.0 Å². The first-order valence-electron chi connectivity index (χ1n) is 6.69.